The van der Waals surface area contributed by atoms with E-state index in [9.17, 15) is 4.79 Å². The van der Waals surface area contributed by atoms with Gasteiger partial charge in [-0.05, 0) is 42.8 Å². The molecular weight excluding hydrogens is 426 g/mol. The van der Waals surface area contributed by atoms with Crippen molar-refractivity contribution in [3.8, 4) is 17.2 Å². The highest BCUT2D eigenvalue weighted by molar-refractivity contribution is 7.22. The van der Waals surface area contributed by atoms with Crippen molar-refractivity contribution in [1.29, 1.82) is 0 Å². The third-order valence-electron chi connectivity index (χ3n) is 5.36. The fraction of sp³-hybridized carbons (Fsp3) is 0.333. The summed E-state index contributed by atoms with van der Waals surface area (Å²) in [5, 5.41) is 0.972. The lowest BCUT2D eigenvalue weighted by Crippen LogP contribution is -2.48. The standard InChI is InChI=1S/C24H27N3O4S/c1-4-31-19-6-5-7-21-23(19)25-24(32-21)27-14-12-26(13-15-27)22(28)11-9-17-8-10-18(29-2)20(16-17)30-3/h5-11,16H,4,12-15H2,1-3H3/b11-9-. The normalized spacial score (nSPS) is 14.2. The molecule has 0 radical (unpaired) electrons. The van der Waals surface area contributed by atoms with Crippen LogP contribution in [0.3, 0.4) is 0 Å². The summed E-state index contributed by atoms with van der Waals surface area (Å²) < 4.78 is 17.4. The fourth-order valence-electron chi connectivity index (χ4n) is 3.67. The Balaban J connectivity index is 1.38. The number of hydrogen-bond donors (Lipinski definition) is 0. The van der Waals surface area contributed by atoms with Gasteiger partial charge in [-0.25, -0.2) is 4.98 Å². The van der Waals surface area contributed by atoms with E-state index in [-0.39, 0.29) is 5.91 Å². The SMILES string of the molecule is CCOc1cccc2sc(N3CCN(C(=O)/C=C\c4ccc(OC)c(OC)c4)CC3)nc12. The molecule has 32 heavy (non-hydrogen) atoms. The first-order chi connectivity index (χ1) is 15.6. The average molecular weight is 454 g/mol. The number of thiazole rings is 1. The number of para-hydroxylation sites is 1. The van der Waals surface area contributed by atoms with Crippen LogP contribution >= 0.6 is 11.3 Å². The molecule has 0 N–H and O–H groups in total. The Morgan fingerprint density at radius 2 is 1.84 bits per heavy atom. The van der Waals surface area contributed by atoms with Gasteiger partial charge < -0.3 is 24.0 Å². The van der Waals surface area contributed by atoms with Gasteiger partial charge in [-0.3, -0.25) is 4.79 Å². The third-order valence-corrected chi connectivity index (χ3v) is 6.44. The highest BCUT2D eigenvalue weighted by atomic mass is 32.1. The maximum Gasteiger partial charge on any atom is 0.246 e. The summed E-state index contributed by atoms with van der Waals surface area (Å²) in [6, 6.07) is 11.6. The van der Waals surface area contributed by atoms with Gasteiger partial charge in [0.2, 0.25) is 5.91 Å². The molecule has 0 bridgehead atoms. The summed E-state index contributed by atoms with van der Waals surface area (Å²) in [4.78, 5) is 21.6. The van der Waals surface area contributed by atoms with Gasteiger partial charge in [0, 0.05) is 32.3 Å². The Hall–Kier alpha value is -3.26. The second kappa shape index (κ2) is 9.91. The summed E-state index contributed by atoms with van der Waals surface area (Å²) in [6.45, 7) is 5.40. The van der Waals surface area contributed by atoms with Crippen LogP contribution in [0.1, 0.15) is 12.5 Å². The quantitative estimate of drug-likeness (QED) is 0.503. The van der Waals surface area contributed by atoms with Gasteiger partial charge in [0.25, 0.3) is 0 Å². The lowest BCUT2D eigenvalue weighted by atomic mass is 10.2. The van der Waals surface area contributed by atoms with Crippen LogP contribution in [0, 0.1) is 0 Å². The monoisotopic (exact) mass is 453 g/mol. The van der Waals surface area contributed by atoms with Crippen LogP contribution in [-0.2, 0) is 4.79 Å². The molecule has 0 unspecified atom stereocenters. The predicted octanol–water partition coefficient (Wildman–Crippen LogP) is 4.07. The molecule has 8 heteroatoms. The van der Waals surface area contributed by atoms with E-state index in [1.165, 1.54) is 0 Å². The van der Waals surface area contributed by atoms with Gasteiger partial charge in [-0.2, -0.15) is 0 Å². The Morgan fingerprint density at radius 3 is 2.56 bits per heavy atom. The summed E-state index contributed by atoms with van der Waals surface area (Å²) in [7, 11) is 3.20. The number of nitrogens with zero attached hydrogens (tertiary/aromatic N) is 3. The molecule has 3 aromatic rings. The molecule has 7 nitrogen and oxygen atoms in total. The van der Waals surface area contributed by atoms with Crippen LogP contribution in [0.5, 0.6) is 17.2 Å². The number of piperazine rings is 1. The highest BCUT2D eigenvalue weighted by Crippen LogP contribution is 2.34. The predicted molar refractivity (Wildman–Crippen MR) is 128 cm³/mol. The number of hydrogen-bond acceptors (Lipinski definition) is 7. The van der Waals surface area contributed by atoms with Crippen molar-refractivity contribution in [1.82, 2.24) is 9.88 Å². The molecule has 1 fully saturated rings. The zero-order valence-corrected chi connectivity index (χ0v) is 19.4. The molecule has 1 amide bonds. The van der Waals surface area contributed by atoms with Crippen LogP contribution < -0.4 is 19.1 Å². The van der Waals surface area contributed by atoms with E-state index in [1.807, 2.05) is 42.2 Å². The number of ether oxygens (including phenoxy) is 3. The third kappa shape index (κ3) is 4.65. The van der Waals surface area contributed by atoms with E-state index in [1.54, 1.807) is 37.7 Å². The summed E-state index contributed by atoms with van der Waals surface area (Å²) in [5.74, 6) is 2.12. The molecule has 0 saturated carbocycles. The molecule has 168 valence electrons. The Labute approximate surface area is 191 Å². The molecule has 4 rings (SSSR count). The summed E-state index contributed by atoms with van der Waals surface area (Å²) in [6.07, 6.45) is 3.42. The molecule has 1 saturated heterocycles. The van der Waals surface area contributed by atoms with Crippen molar-refractivity contribution in [3.05, 3.63) is 48.0 Å². The molecule has 0 aliphatic carbocycles. The highest BCUT2D eigenvalue weighted by Gasteiger charge is 2.22. The van der Waals surface area contributed by atoms with E-state index >= 15 is 0 Å². The Bertz CT molecular complexity index is 1120. The van der Waals surface area contributed by atoms with Crippen molar-refractivity contribution >= 4 is 38.7 Å². The molecule has 1 aliphatic rings. The van der Waals surface area contributed by atoms with Gasteiger partial charge in [-0.15, -0.1) is 0 Å². The van der Waals surface area contributed by atoms with Crippen LogP contribution in [0.4, 0.5) is 5.13 Å². The number of fused-ring (bicyclic) bond motifs is 1. The number of carbonyl (C=O) groups excluding carboxylic acids is 1. The first kappa shape index (κ1) is 22.0. The second-order valence-electron chi connectivity index (χ2n) is 7.29. The largest absolute Gasteiger partial charge is 0.493 e. The van der Waals surface area contributed by atoms with Crippen LogP contribution in [-0.4, -0.2) is 62.8 Å². The zero-order chi connectivity index (χ0) is 22.5. The van der Waals surface area contributed by atoms with Gasteiger partial charge in [0.1, 0.15) is 11.3 Å². The van der Waals surface area contributed by atoms with E-state index in [4.69, 9.17) is 19.2 Å². The number of anilines is 1. The molecule has 1 aromatic heterocycles. The summed E-state index contributed by atoms with van der Waals surface area (Å²) in [5.41, 5.74) is 1.79. The van der Waals surface area contributed by atoms with Crippen LogP contribution in [0.25, 0.3) is 16.3 Å². The van der Waals surface area contributed by atoms with E-state index < -0.39 is 0 Å². The topological polar surface area (TPSA) is 64.1 Å². The minimum absolute atomic E-state index is 0.00219. The van der Waals surface area contributed by atoms with Gasteiger partial charge >= 0.3 is 0 Å². The number of benzene rings is 2. The maximum atomic E-state index is 12.7. The second-order valence-corrected chi connectivity index (χ2v) is 8.30. The minimum atomic E-state index is 0.00219. The van der Waals surface area contributed by atoms with Crippen molar-refractivity contribution in [3.63, 3.8) is 0 Å². The molecule has 1 aliphatic heterocycles. The van der Waals surface area contributed by atoms with E-state index in [0.717, 1.165) is 39.8 Å². The molecular formula is C24H27N3O4S. The molecule has 2 aromatic carbocycles. The van der Waals surface area contributed by atoms with Crippen LogP contribution in [0.2, 0.25) is 0 Å². The Kier molecular flexibility index (Phi) is 6.80. The number of aromatic nitrogens is 1. The first-order valence-corrected chi connectivity index (χ1v) is 11.4. The van der Waals surface area contributed by atoms with Crippen molar-refractivity contribution in [2.75, 3.05) is 51.9 Å². The minimum Gasteiger partial charge on any atom is -0.493 e. The van der Waals surface area contributed by atoms with Crippen LogP contribution in [0.15, 0.2) is 42.5 Å². The summed E-state index contributed by atoms with van der Waals surface area (Å²) >= 11 is 1.66. The van der Waals surface area contributed by atoms with Crippen molar-refractivity contribution in [2.45, 2.75) is 6.92 Å². The van der Waals surface area contributed by atoms with Crippen molar-refractivity contribution in [2.24, 2.45) is 0 Å². The van der Waals surface area contributed by atoms with Gasteiger partial charge in [0.15, 0.2) is 16.6 Å². The number of amides is 1. The molecule has 0 spiro atoms. The van der Waals surface area contributed by atoms with Gasteiger partial charge in [-0.1, -0.05) is 23.5 Å². The zero-order valence-electron chi connectivity index (χ0n) is 18.5. The molecule has 0 atom stereocenters. The van der Waals surface area contributed by atoms with Gasteiger partial charge in [0.05, 0.1) is 25.5 Å². The van der Waals surface area contributed by atoms with E-state index in [0.29, 0.717) is 31.2 Å². The molecule has 2 heterocycles. The first-order valence-electron chi connectivity index (χ1n) is 10.6. The average Bonchev–Trinajstić information content (AvgIpc) is 3.28. The lowest BCUT2D eigenvalue weighted by molar-refractivity contribution is -0.126. The number of carbonyl (C=O) groups is 1. The number of methoxy groups -OCH3 is 2. The maximum absolute atomic E-state index is 12.7. The lowest BCUT2D eigenvalue weighted by Gasteiger charge is -2.34. The van der Waals surface area contributed by atoms with E-state index in [2.05, 4.69) is 11.0 Å². The van der Waals surface area contributed by atoms with Crippen molar-refractivity contribution < 1.29 is 19.0 Å². The number of rotatable bonds is 7. The fourth-order valence-corrected chi connectivity index (χ4v) is 4.70. The Morgan fingerprint density at radius 1 is 1.06 bits per heavy atom. The smallest absolute Gasteiger partial charge is 0.246 e.